The molecule has 1 aliphatic heterocycles. The molecule has 2 heterocycles. The zero-order valence-corrected chi connectivity index (χ0v) is 18.2. The van der Waals surface area contributed by atoms with E-state index in [0.717, 1.165) is 0 Å². The van der Waals surface area contributed by atoms with Gasteiger partial charge in [-0.05, 0) is 43.3 Å². The van der Waals surface area contributed by atoms with E-state index in [0.29, 0.717) is 11.4 Å². The highest BCUT2D eigenvalue weighted by Gasteiger charge is 2.29. The maximum Gasteiger partial charge on any atom is 0.262 e. The molecule has 0 unspecified atom stereocenters. The van der Waals surface area contributed by atoms with Crippen LogP contribution in [0.25, 0.3) is 0 Å². The van der Waals surface area contributed by atoms with Crippen molar-refractivity contribution in [1.29, 1.82) is 5.41 Å². The van der Waals surface area contributed by atoms with Crippen LogP contribution in [0, 0.1) is 5.41 Å². The molecule has 0 saturated heterocycles. The largest absolute Gasteiger partial charge is 0.339 e. The molecule has 4 N–H and O–H groups in total. The van der Waals surface area contributed by atoms with Crippen LogP contribution in [0.4, 0.5) is 11.4 Å². The highest BCUT2D eigenvalue weighted by atomic mass is 32.2. The lowest BCUT2D eigenvalue weighted by molar-refractivity contribution is 0.0961. The Morgan fingerprint density at radius 3 is 2.09 bits per heavy atom. The third-order valence-electron chi connectivity index (χ3n) is 4.79. The Balaban J connectivity index is 1.80. The van der Waals surface area contributed by atoms with Gasteiger partial charge in [0, 0.05) is 23.5 Å². The molecule has 1 aliphatic rings. The van der Waals surface area contributed by atoms with Crippen molar-refractivity contribution in [3.05, 3.63) is 95.6 Å². The molecule has 4 rings (SSSR count). The number of sulfonamides is 1. The second kappa shape index (κ2) is 8.67. The average molecular weight is 462 g/mol. The fourth-order valence-corrected chi connectivity index (χ4v) is 4.37. The lowest BCUT2D eigenvalue weighted by Gasteiger charge is -2.12. The zero-order chi connectivity index (χ0) is 23.6. The number of pyridine rings is 1. The summed E-state index contributed by atoms with van der Waals surface area (Å²) in [5.41, 5.74) is 1.48. The quantitative estimate of drug-likeness (QED) is 0.110. The minimum atomic E-state index is -4.04. The van der Waals surface area contributed by atoms with Crippen LogP contribution >= 0.6 is 0 Å². The summed E-state index contributed by atoms with van der Waals surface area (Å²) in [6.45, 7) is 1.29. The zero-order valence-electron chi connectivity index (χ0n) is 17.4. The molecule has 0 amide bonds. The molecule has 1 aromatic heterocycles. The number of carbonyl (C=O) groups is 2. The van der Waals surface area contributed by atoms with Gasteiger partial charge in [-0.2, -0.15) is 0 Å². The van der Waals surface area contributed by atoms with Crippen LogP contribution in [0.1, 0.15) is 27.6 Å². The van der Waals surface area contributed by atoms with Crippen molar-refractivity contribution in [2.24, 2.45) is 0 Å². The van der Waals surface area contributed by atoms with Gasteiger partial charge < -0.3 is 10.6 Å². The van der Waals surface area contributed by atoms with Crippen molar-refractivity contribution in [3.63, 3.8) is 0 Å². The molecule has 2 aromatic carbocycles. The van der Waals surface area contributed by atoms with Gasteiger partial charge in [-0.3, -0.25) is 24.7 Å². The van der Waals surface area contributed by atoms with E-state index < -0.39 is 21.6 Å². The van der Waals surface area contributed by atoms with Gasteiger partial charge in [-0.15, -0.1) is 0 Å². The topological polar surface area (TPSA) is 141 Å². The molecule has 10 heteroatoms. The Morgan fingerprint density at radius 2 is 1.48 bits per heavy atom. The predicted molar refractivity (Wildman–Crippen MR) is 124 cm³/mol. The molecule has 0 radical (unpaired) electrons. The Bertz CT molecular complexity index is 1390. The van der Waals surface area contributed by atoms with E-state index in [-0.39, 0.29) is 33.3 Å². The molecule has 0 bridgehead atoms. The molecule has 3 aromatic rings. The third-order valence-corrected chi connectivity index (χ3v) is 6.24. The van der Waals surface area contributed by atoms with Gasteiger partial charge in [-0.25, -0.2) is 8.42 Å². The van der Waals surface area contributed by atoms with E-state index in [1.54, 1.807) is 12.1 Å². The fraction of sp³-hybridized carbons (Fsp3) is 0.0435. The van der Waals surface area contributed by atoms with Crippen LogP contribution in [-0.2, 0) is 10.0 Å². The number of fused-ring (bicyclic) bond motifs is 1. The van der Waals surface area contributed by atoms with Crippen LogP contribution in [0.2, 0.25) is 0 Å². The van der Waals surface area contributed by atoms with E-state index in [9.17, 15) is 18.0 Å². The van der Waals surface area contributed by atoms with E-state index in [2.05, 4.69) is 20.3 Å². The smallest absolute Gasteiger partial charge is 0.262 e. The number of para-hydroxylation sites is 2. The Labute approximate surface area is 190 Å². The molecule has 0 aliphatic carbocycles. The van der Waals surface area contributed by atoms with E-state index in [4.69, 9.17) is 5.41 Å². The summed E-state index contributed by atoms with van der Waals surface area (Å²) in [7, 11) is -4.04. The maximum absolute atomic E-state index is 13.6. The number of nitrogens with zero attached hydrogens (tertiary/aromatic N) is 1. The van der Waals surface area contributed by atoms with Gasteiger partial charge in [-0.1, -0.05) is 24.3 Å². The fourth-order valence-electron chi connectivity index (χ4n) is 3.31. The molecule has 0 saturated carbocycles. The second-order valence-corrected chi connectivity index (χ2v) is 8.88. The van der Waals surface area contributed by atoms with Gasteiger partial charge in [0.2, 0.25) is 11.6 Å². The van der Waals surface area contributed by atoms with E-state index in [1.165, 1.54) is 55.7 Å². The van der Waals surface area contributed by atoms with Gasteiger partial charge in [0.15, 0.2) is 0 Å². The van der Waals surface area contributed by atoms with Crippen molar-refractivity contribution in [1.82, 2.24) is 9.71 Å². The first-order chi connectivity index (χ1) is 15.8. The molecule has 0 fully saturated rings. The second-order valence-electron chi connectivity index (χ2n) is 7.20. The Hall–Kier alpha value is -4.31. The first kappa shape index (κ1) is 21.9. The summed E-state index contributed by atoms with van der Waals surface area (Å²) in [6.07, 6.45) is 2.89. The first-order valence-electron chi connectivity index (χ1n) is 9.81. The number of nitrogens with one attached hydrogen (secondary N) is 4. The molecule has 0 atom stereocenters. The maximum atomic E-state index is 13.6. The van der Waals surface area contributed by atoms with Crippen molar-refractivity contribution in [3.8, 4) is 0 Å². The van der Waals surface area contributed by atoms with Crippen molar-refractivity contribution < 1.29 is 18.0 Å². The van der Waals surface area contributed by atoms with Gasteiger partial charge in [0.1, 0.15) is 17.2 Å². The van der Waals surface area contributed by atoms with Crippen LogP contribution in [0.3, 0.4) is 0 Å². The van der Waals surface area contributed by atoms with Crippen LogP contribution in [0.15, 0.2) is 89.3 Å². The molecular formula is C23H19N5O4S. The summed E-state index contributed by atoms with van der Waals surface area (Å²) in [5.74, 6) is -1.28. The standard InChI is InChI=1S/C23H19N5O4S/c1-14(24)28-33(31,32)17-6-4-5-16(13-17)22(30)20(21(29)15-9-11-25-12-10-15)23-26-18-7-2-3-8-19(18)27-23/h2-13,26-27H,1H3,(H2,24,28). The summed E-state index contributed by atoms with van der Waals surface area (Å²) in [5, 5.41) is 13.5. The van der Waals surface area contributed by atoms with E-state index in [1.807, 2.05) is 12.1 Å². The number of hydrogen-bond acceptors (Lipinski definition) is 8. The number of carbonyl (C=O) groups excluding carboxylic acids is 2. The number of aromatic nitrogens is 1. The summed E-state index contributed by atoms with van der Waals surface area (Å²) in [6, 6.07) is 15.5. The number of hydrogen-bond donors (Lipinski definition) is 4. The van der Waals surface area contributed by atoms with Crippen molar-refractivity contribution in [2.45, 2.75) is 11.8 Å². The molecule has 33 heavy (non-hydrogen) atoms. The Kier molecular flexibility index (Phi) is 5.76. The average Bonchev–Trinajstić information content (AvgIpc) is 3.22. The molecule has 166 valence electrons. The van der Waals surface area contributed by atoms with Crippen molar-refractivity contribution in [2.75, 3.05) is 10.6 Å². The third kappa shape index (κ3) is 4.51. The SMILES string of the molecule is CC(=N)NS(=O)(=O)c1cccc(C(=O)C(C(=O)c2ccncc2)=C2Nc3ccccc3N2)c1. The monoisotopic (exact) mass is 461 g/mol. The lowest BCUT2D eigenvalue weighted by Crippen LogP contribution is -2.28. The highest BCUT2D eigenvalue weighted by Crippen LogP contribution is 2.32. The summed E-state index contributed by atoms with van der Waals surface area (Å²) < 4.78 is 27.0. The van der Waals surface area contributed by atoms with Gasteiger partial charge in [0.25, 0.3) is 10.0 Å². The number of ketones is 2. The minimum Gasteiger partial charge on any atom is -0.339 e. The van der Waals surface area contributed by atoms with Crippen LogP contribution in [-0.4, -0.2) is 30.8 Å². The number of rotatable bonds is 6. The van der Waals surface area contributed by atoms with Crippen LogP contribution < -0.4 is 15.4 Å². The summed E-state index contributed by atoms with van der Waals surface area (Å²) in [4.78, 5) is 30.7. The van der Waals surface area contributed by atoms with Crippen LogP contribution in [0.5, 0.6) is 0 Å². The van der Waals surface area contributed by atoms with Gasteiger partial charge in [0.05, 0.1) is 16.3 Å². The number of benzene rings is 2. The number of allylic oxidation sites excluding steroid dienone is 1. The number of anilines is 2. The van der Waals surface area contributed by atoms with Gasteiger partial charge >= 0.3 is 0 Å². The number of Topliss-reactive ketones (excluding diaryl/α,β-unsaturated/α-hetero) is 2. The highest BCUT2D eigenvalue weighted by molar-refractivity contribution is 7.90. The minimum absolute atomic E-state index is 0.00460. The predicted octanol–water partition coefficient (Wildman–Crippen LogP) is 3.17. The van der Waals surface area contributed by atoms with Crippen molar-refractivity contribution >= 4 is 38.8 Å². The lowest BCUT2D eigenvalue weighted by atomic mass is 9.96. The number of amidine groups is 1. The first-order valence-corrected chi connectivity index (χ1v) is 11.3. The normalized spacial score (nSPS) is 12.2. The molecule has 0 spiro atoms. The Morgan fingerprint density at radius 1 is 0.879 bits per heavy atom. The van der Waals surface area contributed by atoms with E-state index >= 15 is 0 Å². The molecular weight excluding hydrogens is 442 g/mol. The molecule has 9 nitrogen and oxygen atoms in total. The summed E-state index contributed by atoms with van der Waals surface area (Å²) >= 11 is 0.